The maximum Gasteiger partial charge on any atom is 0.337 e. The lowest BCUT2D eigenvalue weighted by molar-refractivity contribution is 0.261. The maximum absolute atomic E-state index is 15.0. The molecule has 2 aliphatic carbocycles. The van der Waals surface area contributed by atoms with E-state index in [-0.39, 0.29) is 79.6 Å². The highest BCUT2D eigenvalue weighted by Gasteiger charge is 2.60. The molecule has 2 aliphatic rings. The van der Waals surface area contributed by atoms with Gasteiger partial charge in [-0.25, -0.2) is 19.2 Å². The molecule has 0 aliphatic heterocycles. The van der Waals surface area contributed by atoms with E-state index < -0.39 is 154 Å². The number of urea groups is 4. The van der Waals surface area contributed by atoms with Gasteiger partial charge in [-0.1, -0.05) is 38.2 Å². The molecule has 115 heavy (non-hydrogen) atoms. The first kappa shape index (κ1) is 85.2. The number of carbonyl (C=O) groups is 4. The minimum absolute atomic E-state index is 0.0335. The van der Waals surface area contributed by atoms with Gasteiger partial charge in [0.2, 0.25) is 0 Å². The Morgan fingerprint density at radius 2 is 0.409 bits per heavy atom. The first-order valence-electron chi connectivity index (χ1n) is 32.9. The fourth-order valence-electron chi connectivity index (χ4n) is 10.7. The third-order valence-electron chi connectivity index (χ3n) is 16.1. The van der Waals surface area contributed by atoms with Gasteiger partial charge in [-0.05, 0) is 217 Å². The van der Waals surface area contributed by atoms with Crippen molar-refractivity contribution in [2.75, 3.05) is 67.6 Å². The lowest BCUT2D eigenvalue weighted by Crippen LogP contribution is -2.50. The number of rotatable bonds is 30. The number of allylic oxidation sites excluding steroid dienone is 6. The summed E-state index contributed by atoms with van der Waals surface area (Å²) in [6.07, 6.45) is 7.66. The summed E-state index contributed by atoms with van der Waals surface area (Å²) in [4.78, 5) is 52.0. The fourth-order valence-corrected chi connectivity index (χ4v) is 19.1. The minimum Gasteiger partial charge on any atom is -0.383 e. The Morgan fingerprint density at radius 3 is 0.539 bits per heavy atom. The Hall–Kier alpha value is -12.2. The van der Waals surface area contributed by atoms with E-state index in [1.165, 1.54) is 158 Å². The molecule has 8 N–H and O–H groups in total. The minimum atomic E-state index is -5.54. The summed E-state index contributed by atoms with van der Waals surface area (Å²) in [5, 5.41) is 20.1. The second-order valence-corrected chi connectivity index (χ2v) is 39.5. The molecule has 0 fully saturated rings. The van der Waals surface area contributed by atoms with E-state index in [9.17, 15) is 86.5 Å². The van der Waals surface area contributed by atoms with Crippen LogP contribution in [0.4, 0.5) is 64.7 Å². The molecule has 0 heterocycles. The summed E-state index contributed by atoms with van der Waals surface area (Å²) >= 11 is 0. The second kappa shape index (κ2) is 33.5. The van der Waals surface area contributed by atoms with Crippen LogP contribution in [0.2, 0.25) is 0 Å². The van der Waals surface area contributed by atoms with Crippen LogP contribution in [0.15, 0.2) is 242 Å². The van der Waals surface area contributed by atoms with E-state index in [4.69, 9.17) is 33.5 Å². The summed E-state index contributed by atoms with van der Waals surface area (Å²) in [6.45, 7) is 3.11. The number of benzene rings is 8. The van der Waals surface area contributed by atoms with Crippen LogP contribution in [0.3, 0.4) is 0 Å². The van der Waals surface area contributed by atoms with Gasteiger partial charge in [0, 0.05) is 63.8 Å². The molecule has 0 bridgehead atoms. The number of nitrogens with one attached hydrogen (secondary N) is 8. The number of hydrogen-bond acceptors (Lipinski definition) is 28. The highest BCUT2D eigenvalue weighted by Crippen LogP contribution is 2.48. The lowest BCUT2D eigenvalue weighted by atomic mass is 9.74. The predicted octanol–water partition coefficient (Wildman–Crippen LogP) is 10.7. The average molecular weight is 1740 g/mol. The van der Waals surface area contributed by atoms with E-state index in [0.717, 1.165) is 97.9 Å². The van der Waals surface area contributed by atoms with E-state index in [1.54, 1.807) is 13.8 Å². The summed E-state index contributed by atoms with van der Waals surface area (Å²) in [6, 6.07) is 36.2. The molecule has 10 rings (SSSR count). The number of carbonyl (C=O) groups excluding carboxylic acids is 4. The van der Waals surface area contributed by atoms with Crippen LogP contribution in [-0.2, 0) is 80.9 Å². The molecule has 0 radical (unpaired) electrons. The van der Waals surface area contributed by atoms with Gasteiger partial charge in [0.05, 0.1) is 25.0 Å². The summed E-state index contributed by atoms with van der Waals surface area (Å²) < 4.78 is 247. The molecule has 8 amide bonds. The zero-order valence-electron chi connectivity index (χ0n) is 60.6. The highest BCUT2D eigenvalue weighted by atomic mass is 32.3. The van der Waals surface area contributed by atoms with Gasteiger partial charge in [0.1, 0.15) is 46.0 Å². The van der Waals surface area contributed by atoms with E-state index >= 15 is 0 Å². The summed E-state index contributed by atoms with van der Waals surface area (Å²) in [5.74, 6) is -2.03. The number of hydrogen-bond donors (Lipinski definition) is 8. The van der Waals surface area contributed by atoms with E-state index in [0.29, 0.717) is 0 Å². The fraction of sp³-hybridized carbons (Fsp3) is 0.155. The van der Waals surface area contributed by atoms with Crippen LogP contribution in [0.5, 0.6) is 46.0 Å². The van der Waals surface area contributed by atoms with Gasteiger partial charge in [-0.15, -0.1) is 0 Å². The Balaban J connectivity index is 0.902. The Morgan fingerprint density at radius 1 is 0.261 bits per heavy atom. The van der Waals surface area contributed by atoms with Crippen LogP contribution in [0, 0.1) is 5.41 Å². The first-order valence-corrected chi connectivity index (χ1v) is 45.8. The number of amides is 8. The lowest BCUT2D eigenvalue weighted by Gasteiger charge is -2.37. The molecule has 8 aromatic carbocycles. The van der Waals surface area contributed by atoms with Crippen molar-refractivity contribution in [2.24, 2.45) is 5.41 Å². The summed E-state index contributed by atoms with van der Waals surface area (Å²) in [7, 11) is -37.6. The monoisotopic (exact) mass is 1740 g/mol. The van der Waals surface area contributed by atoms with Gasteiger partial charge in [0.25, 0.3) is 8.16 Å². The molecule has 0 atom stereocenters. The molecule has 36 nitrogen and oxygen atoms in total. The standard InChI is InChI=1S/C71H68N8O28S8/c1-69(2,47-39-43-70(44-40-47,112(92,93)104-61-31-15-53(16-32-61)76-65(80)72-49-7-23-57(24-8-49)100-108(3,84)85)113(94,95)105-62-33-17-54(18-34-62)77-66(81)73-50-9-25-58(26-10-50)101-109(4,86)87)48-41-45-71(46-42-48,114(96,97)106-63-35-19-55(20-36-63)78-67(82)74-51-11-27-59(28-12-51)102-110(5,88)89)115(98,99)107-64-37-21-56(22-38-64)79-68(83)75-52-13-29-60(30-14-52)103-111(6,90)91/h7-43,45H,44,46H2,1-6H3,(H2,72,76,80)(H2,73,77,81)(H2,74,78,82)(H2,75,79,83). The highest BCUT2D eigenvalue weighted by molar-refractivity contribution is 8.07. The van der Waals surface area contributed by atoms with E-state index in [2.05, 4.69) is 42.5 Å². The van der Waals surface area contributed by atoms with Crippen molar-refractivity contribution >= 4 is 151 Å². The SMILES string of the molecule is CC(C)(C1=CCC(S(=O)(=O)Oc2ccc(NC(=O)Nc3ccc(OS(C)(=O)=O)cc3)cc2)(S(=O)(=O)Oc2ccc(NC(=O)Nc3ccc(OS(C)(=O)=O)cc3)cc2)C=C1)C1=CCC(S(=O)(=O)Oc2ccc(NC(=O)Nc3ccc(OS(C)(=O)=O)cc3)cc2)(S(=O)(=O)Oc2ccc(NC(=O)Nc3ccc(OS(C)(=O)=O)cc3)cc2)C=C1. The first-order chi connectivity index (χ1) is 53.6. The van der Waals surface area contributed by atoms with Crippen molar-refractivity contribution in [1.29, 1.82) is 0 Å². The summed E-state index contributed by atoms with van der Waals surface area (Å²) in [5.41, 5.74) is -0.0196. The van der Waals surface area contributed by atoms with Crippen molar-refractivity contribution < 1.29 is 120 Å². The largest absolute Gasteiger partial charge is 0.383 e. The quantitative estimate of drug-likeness (QED) is 0.0194. The van der Waals surface area contributed by atoms with Crippen LogP contribution < -0.4 is 76.0 Å². The predicted molar refractivity (Wildman–Crippen MR) is 425 cm³/mol. The van der Waals surface area contributed by atoms with Crippen molar-refractivity contribution in [3.63, 3.8) is 0 Å². The zero-order chi connectivity index (χ0) is 83.8. The molecule has 0 aromatic heterocycles. The van der Waals surface area contributed by atoms with Gasteiger partial charge in [-0.3, -0.25) is 0 Å². The van der Waals surface area contributed by atoms with E-state index in [1.807, 2.05) is 0 Å². The Bertz CT molecular complexity index is 5450. The van der Waals surface area contributed by atoms with Crippen molar-refractivity contribution in [3.8, 4) is 46.0 Å². The molecule has 44 heteroatoms. The molecular formula is C71H68N8O28S8. The average Bonchev–Trinajstić information content (AvgIpc) is 0.727. The number of anilines is 8. The zero-order valence-corrected chi connectivity index (χ0v) is 67.1. The smallest absolute Gasteiger partial charge is 0.337 e. The Kier molecular flexibility index (Phi) is 24.8. The second-order valence-electron chi connectivity index (χ2n) is 25.5. The molecule has 0 unspecified atom stereocenters. The molecule has 8 aromatic rings. The van der Waals surface area contributed by atoms with Crippen LogP contribution in [0.25, 0.3) is 0 Å². The van der Waals surface area contributed by atoms with Crippen molar-refractivity contribution in [2.45, 2.75) is 34.8 Å². The van der Waals surface area contributed by atoms with Crippen LogP contribution >= 0.6 is 0 Å². The van der Waals surface area contributed by atoms with Crippen molar-refractivity contribution in [1.82, 2.24) is 0 Å². The molecule has 0 saturated heterocycles. The van der Waals surface area contributed by atoms with Crippen LogP contribution in [0.1, 0.15) is 26.7 Å². The van der Waals surface area contributed by atoms with Crippen LogP contribution in [-0.4, -0.2) is 125 Å². The van der Waals surface area contributed by atoms with Crippen molar-refractivity contribution in [3.05, 3.63) is 242 Å². The van der Waals surface area contributed by atoms with Gasteiger partial charge in [-0.2, -0.15) is 67.3 Å². The third-order valence-corrected chi connectivity index (χ3v) is 26.8. The third kappa shape index (κ3) is 22.6. The normalized spacial score (nSPS) is 14.3. The molecule has 0 saturated carbocycles. The van der Waals surface area contributed by atoms with Gasteiger partial charge >= 0.3 is 105 Å². The maximum atomic E-state index is 15.0. The molecular weight excluding hydrogens is 1670 g/mol. The Labute approximate surface area is 661 Å². The van der Waals surface area contributed by atoms with Gasteiger partial charge < -0.3 is 76.0 Å². The molecule has 608 valence electrons. The van der Waals surface area contributed by atoms with Gasteiger partial charge in [0.15, 0.2) is 0 Å². The molecule has 0 spiro atoms. The topological polar surface area (TPSA) is 511 Å².